The summed E-state index contributed by atoms with van der Waals surface area (Å²) in [5, 5.41) is 6.03. The van der Waals surface area contributed by atoms with Crippen LogP contribution in [0.15, 0.2) is 66.7 Å². The van der Waals surface area contributed by atoms with E-state index in [9.17, 15) is 14.4 Å². The van der Waals surface area contributed by atoms with Crippen molar-refractivity contribution in [3.05, 3.63) is 83.6 Å². The number of primary amides is 2. The van der Waals surface area contributed by atoms with Gasteiger partial charge in [0, 0.05) is 23.0 Å². The van der Waals surface area contributed by atoms with Crippen molar-refractivity contribution in [1.29, 1.82) is 0 Å². The molecule has 1 aliphatic rings. The Labute approximate surface area is 215 Å². The van der Waals surface area contributed by atoms with Crippen molar-refractivity contribution in [2.24, 2.45) is 17.4 Å². The minimum atomic E-state index is -1.22. The SMILES string of the molecule is CC(C)[C@@H](C(N)=O)n1c2c(c3ccccc31)C[C@](NC(=O)Cc1cccc3ccccc13)(C(N)=O)CC2. The Morgan fingerprint density at radius 1 is 0.946 bits per heavy atom. The number of carbonyl (C=O) groups excluding carboxylic acids is 3. The Morgan fingerprint density at radius 3 is 2.32 bits per heavy atom. The molecule has 0 bridgehead atoms. The number of aromatic nitrogens is 1. The van der Waals surface area contributed by atoms with E-state index in [4.69, 9.17) is 11.5 Å². The number of hydrogen-bond donors (Lipinski definition) is 3. The molecule has 5 rings (SSSR count). The van der Waals surface area contributed by atoms with Crippen LogP contribution in [0.3, 0.4) is 0 Å². The average molecular weight is 497 g/mol. The fourth-order valence-electron chi connectivity index (χ4n) is 5.96. The number of fused-ring (bicyclic) bond motifs is 4. The highest BCUT2D eigenvalue weighted by Gasteiger charge is 2.44. The summed E-state index contributed by atoms with van der Waals surface area (Å²) in [4.78, 5) is 38.7. The van der Waals surface area contributed by atoms with Crippen LogP contribution in [0.4, 0.5) is 0 Å². The number of para-hydroxylation sites is 1. The molecule has 4 aromatic rings. The van der Waals surface area contributed by atoms with Crippen LogP contribution in [-0.2, 0) is 33.6 Å². The van der Waals surface area contributed by atoms with Crippen LogP contribution >= 0.6 is 0 Å². The Bertz CT molecular complexity index is 1530. The van der Waals surface area contributed by atoms with Crippen molar-refractivity contribution in [1.82, 2.24) is 9.88 Å². The third-order valence-corrected chi connectivity index (χ3v) is 7.68. The molecular formula is C30H32N4O3. The lowest BCUT2D eigenvalue weighted by Gasteiger charge is -2.36. The second-order valence-corrected chi connectivity index (χ2v) is 10.4. The average Bonchev–Trinajstić information content (AvgIpc) is 3.17. The van der Waals surface area contributed by atoms with Crippen LogP contribution in [0.5, 0.6) is 0 Å². The van der Waals surface area contributed by atoms with Gasteiger partial charge in [-0.15, -0.1) is 0 Å². The van der Waals surface area contributed by atoms with Crippen molar-refractivity contribution in [2.45, 2.75) is 51.1 Å². The largest absolute Gasteiger partial charge is 0.368 e. The van der Waals surface area contributed by atoms with Gasteiger partial charge in [0.15, 0.2) is 0 Å². The molecule has 0 radical (unpaired) electrons. The van der Waals surface area contributed by atoms with Crippen LogP contribution in [0.25, 0.3) is 21.7 Å². The summed E-state index contributed by atoms with van der Waals surface area (Å²) in [5.41, 5.74) is 14.3. The van der Waals surface area contributed by atoms with Crippen LogP contribution < -0.4 is 16.8 Å². The van der Waals surface area contributed by atoms with E-state index in [1.165, 1.54) is 0 Å². The van der Waals surface area contributed by atoms with Gasteiger partial charge >= 0.3 is 0 Å². The molecule has 0 saturated heterocycles. The van der Waals surface area contributed by atoms with E-state index in [1.54, 1.807) is 0 Å². The van der Waals surface area contributed by atoms with E-state index in [-0.39, 0.29) is 24.7 Å². The van der Waals surface area contributed by atoms with Crippen molar-refractivity contribution in [3.8, 4) is 0 Å². The van der Waals surface area contributed by atoms with Crippen LogP contribution in [0.2, 0.25) is 0 Å². The van der Waals surface area contributed by atoms with E-state index in [0.29, 0.717) is 12.8 Å². The summed E-state index contributed by atoms with van der Waals surface area (Å²) < 4.78 is 2.03. The number of rotatable bonds is 7. The van der Waals surface area contributed by atoms with E-state index < -0.39 is 23.4 Å². The second-order valence-electron chi connectivity index (χ2n) is 10.4. The summed E-state index contributed by atoms with van der Waals surface area (Å²) in [6.45, 7) is 3.95. The molecule has 2 atom stereocenters. The predicted molar refractivity (Wildman–Crippen MR) is 145 cm³/mol. The number of carbonyl (C=O) groups is 3. The molecule has 0 unspecified atom stereocenters. The molecule has 7 nitrogen and oxygen atoms in total. The maximum atomic E-state index is 13.3. The quantitative estimate of drug-likeness (QED) is 0.363. The number of nitrogens with one attached hydrogen (secondary N) is 1. The number of nitrogens with zero attached hydrogens (tertiary/aromatic N) is 1. The molecule has 5 N–H and O–H groups in total. The molecule has 0 fully saturated rings. The molecule has 3 aromatic carbocycles. The monoisotopic (exact) mass is 496 g/mol. The minimum absolute atomic E-state index is 0.0133. The van der Waals surface area contributed by atoms with E-state index in [0.717, 1.165) is 38.5 Å². The second kappa shape index (κ2) is 9.39. The van der Waals surface area contributed by atoms with Crippen molar-refractivity contribution < 1.29 is 14.4 Å². The van der Waals surface area contributed by atoms with E-state index >= 15 is 0 Å². The molecular weight excluding hydrogens is 464 g/mol. The first-order valence-corrected chi connectivity index (χ1v) is 12.7. The van der Waals surface area contributed by atoms with Gasteiger partial charge in [-0.25, -0.2) is 0 Å². The highest BCUT2D eigenvalue weighted by atomic mass is 16.2. The molecule has 3 amide bonds. The number of amides is 3. The van der Waals surface area contributed by atoms with Crippen molar-refractivity contribution >= 4 is 39.4 Å². The Balaban J connectivity index is 1.51. The number of nitrogens with two attached hydrogens (primary N) is 2. The summed E-state index contributed by atoms with van der Waals surface area (Å²) in [6, 6.07) is 21.1. The highest BCUT2D eigenvalue weighted by molar-refractivity contribution is 5.96. The molecule has 1 heterocycles. The fourth-order valence-corrected chi connectivity index (χ4v) is 5.96. The summed E-state index contributed by atoms with van der Waals surface area (Å²) in [5.74, 6) is -1.22. The molecule has 0 saturated carbocycles. The van der Waals surface area contributed by atoms with Gasteiger partial charge in [0.2, 0.25) is 17.7 Å². The van der Waals surface area contributed by atoms with Gasteiger partial charge in [-0.2, -0.15) is 0 Å². The molecule has 37 heavy (non-hydrogen) atoms. The molecule has 7 heteroatoms. The number of hydrogen-bond acceptors (Lipinski definition) is 3. The van der Waals surface area contributed by atoms with Crippen molar-refractivity contribution in [2.75, 3.05) is 0 Å². The zero-order chi connectivity index (χ0) is 26.3. The fraction of sp³-hybridized carbons (Fsp3) is 0.300. The van der Waals surface area contributed by atoms with Gasteiger partial charge in [0.05, 0.1) is 6.42 Å². The summed E-state index contributed by atoms with van der Waals surface area (Å²) in [6.07, 6.45) is 1.23. The van der Waals surface area contributed by atoms with Crippen molar-refractivity contribution in [3.63, 3.8) is 0 Å². The normalized spacial score (nSPS) is 18.0. The predicted octanol–water partition coefficient (Wildman–Crippen LogP) is 3.55. The van der Waals surface area contributed by atoms with Crippen LogP contribution in [0.1, 0.15) is 43.1 Å². The zero-order valence-corrected chi connectivity index (χ0v) is 21.2. The lowest BCUT2D eigenvalue weighted by Crippen LogP contribution is -2.60. The third-order valence-electron chi connectivity index (χ3n) is 7.68. The number of benzene rings is 3. The minimum Gasteiger partial charge on any atom is -0.368 e. The standard InChI is InChI=1S/C30H32N4O3/c1-18(2)27(28(31)36)34-24-13-6-5-12-22(24)23-17-30(29(32)37,15-14-25(23)34)33-26(35)16-20-10-7-9-19-8-3-4-11-21(19)20/h3-13,18,27H,14-17H2,1-2H3,(H2,31,36)(H2,32,37)(H,33,35)/t27-,30-/m0/s1. The third kappa shape index (κ3) is 4.24. The first-order valence-electron chi connectivity index (χ1n) is 12.7. The van der Waals surface area contributed by atoms with Gasteiger partial charge < -0.3 is 21.4 Å². The van der Waals surface area contributed by atoms with Gasteiger partial charge in [-0.3, -0.25) is 14.4 Å². The Kier molecular flexibility index (Phi) is 6.23. The van der Waals surface area contributed by atoms with Gasteiger partial charge in [-0.1, -0.05) is 74.5 Å². The maximum Gasteiger partial charge on any atom is 0.243 e. The van der Waals surface area contributed by atoms with Crippen LogP contribution in [0, 0.1) is 5.92 Å². The van der Waals surface area contributed by atoms with Gasteiger partial charge in [-0.05, 0) is 46.7 Å². The van der Waals surface area contributed by atoms with E-state index in [2.05, 4.69) is 5.32 Å². The lowest BCUT2D eigenvalue weighted by atomic mass is 9.78. The molecule has 1 aromatic heterocycles. The van der Waals surface area contributed by atoms with Gasteiger partial charge in [0.25, 0.3) is 0 Å². The molecule has 0 aliphatic heterocycles. The smallest absolute Gasteiger partial charge is 0.243 e. The van der Waals surface area contributed by atoms with E-state index in [1.807, 2.05) is 85.1 Å². The lowest BCUT2D eigenvalue weighted by molar-refractivity contribution is -0.131. The first kappa shape index (κ1) is 24.6. The molecule has 1 aliphatic carbocycles. The zero-order valence-electron chi connectivity index (χ0n) is 21.2. The summed E-state index contributed by atoms with van der Waals surface area (Å²) >= 11 is 0. The Hall–Kier alpha value is -4.13. The first-order chi connectivity index (χ1) is 17.7. The topological polar surface area (TPSA) is 120 Å². The highest BCUT2D eigenvalue weighted by Crippen LogP contribution is 2.39. The Morgan fingerprint density at radius 2 is 1.62 bits per heavy atom. The molecule has 0 spiro atoms. The summed E-state index contributed by atoms with van der Waals surface area (Å²) in [7, 11) is 0. The van der Waals surface area contributed by atoms with Gasteiger partial charge in [0.1, 0.15) is 11.6 Å². The maximum absolute atomic E-state index is 13.3. The molecule has 190 valence electrons. The van der Waals surface area contributed by atoms with Crippen LogP contribution in [-0.4, -0.2) is 27.8 Å².